The van der Waals surface area contributed by atoms with Crippen LogP contribution < -0.4 is 4.74 Å². The molecule has 0 aliphatic carbocycles. The van der Waals surface area contributed by atoms with Gasteiger partial charge in [0, 0.05) is 56.2 Å². The second-order valence-electron chi connectivity index (χ2n) is 7.63. The third-order valence-corrected chi connectivity index (χ3v) is 5.70. The molecule has 3 atom stereocenters. The lowest BCUT2D eigenvalue weighted by Crippen LogP contribution is -2.54. The largest absolute Gasteiger partial charge is 0.496 e. The van der Waals surface area contributed by atoms with E-state index in [1.165, 1.54) is 5.56 Å². The van der Waals surface area contributed by atoms with Gasteiger partial charge in [-0.15, -0.1) is 0 Å². The molecule has 6 nitrogen and oxygen atoms in total. The quantitative estimate of drug-likeness (QED) is 0.882. The van der Waals surface area contributed by atoms with Crippen LogP contribution in [0.1, 0.15) is 24.5 Å². The van der Waals surface area contributed by atoms with Gasteiger partial charge in [-0.05, 0) is 37.1 Å². The van der Waals surface area contributed by atoms with Crippen molar-refractivity contribution in [1.29, 1.82) is 0 Å². The van der Waals surface area contributed by atoms with Gasteiger partial charge >= 0.3 is 0 Å². The Hall–Kier alpha value is -1.89. The summed E-state index contributed by atoms with van der Waals surface area (Å²) in [4.78, 5) is 4.99. The molecule has 4 rings (SSSR count). The Labute approximate surface area is 155 Å². The van der Waals surface area contributed by atoms with Gasteiger partial charge in [0.15, 0.2) is 0 Å². The van der Waals surface area contributed by atoms with Crippen molar-refractivity contribution in [3.05, 3.63) is 47.8 Å². The molecular formula is C20H28N4O2. The first-order chi connectivity index (χ1) is 12.6. The lowest BCUT2D eigenvalue weighted by molar-refractivity contribution is 0.0528. The molecule has 0 spiro atoms. The first-order valence-electron chi connectivity index (χ1n) is 9.41. The Morgan fingerprint density at radius 2 is 2.12 bits per heavy atom. The molecule has 2 aliphatic heterocycles. The maximum Gasteiger partial charge on any atom is 0.123 e. The van der Waals surface area contributed by atoms with Crippen LogP contribution >= 0.6 is 0 Å². The van der Waals surface area contributed by atoms with Gasteiger partial charge in [-0.3, -0.25) is 14.5 Å². The number of ether oxygens (including phenoxy) is 1. The number of hydrogen-bond donors (Lipinski definition) is 1. The van der Waals surface area contributed by atoms with E-state index in [1.54, 1.807) is 13.3 Å². The van der Waals surface area contributed by atoms with Crippen molar-refractivity contribution < 1.29 is 9.84 Å². The van der Waals surface area contributed by atoms with Crippen LogP contribution in [0.15, 0.2) is 36.7 Å². The Bertz CT molecular complexity index is 733. The van der Waals surface area contributed by atoms with Gasteiger partial charge in [-0.2, -0.15) is 5.10 Å². The van der Waals surface area contributed by atoms with E-state index < -0.39 is 0 Å². The highest BCUT2D eigenvalue weighted by atomic mass is 16.5. The average molecular weight is 356 g/mol. The summed E-state index contributed by atoms with van der Waals surface area (Å²) in [5.74, 6) is 0.904. The zero-order valence-corrected chi connectivity index (χ0v) is 15.6. The molecule has 2 fully saturated rings. The fraction of sp³-hybridized carbons (Fsp3) is 0.550. The van der Waals surface area contributed by atoms with Crippen LogP contribution in [-0.2, 0) is 13.1 Å². The number of nitrogens with zero attached hydrogens (tertiary/aromatic N) is 4. The topological polar surface area (TPSA) is 53.8 Å². The number of benzene rings is 1. The summed E-state index contributed by atoms with van der Waals surface area (Å²) < 4.78 is 7.46. The van der Waals surface area contributed by atoms with Crippen LogP contribution in [0.2, 0.25) is 0 Å². The minimum absolute atomic E-state index is 0.159. The van der Waals surface area contributed by atoms with Crippen molar-refractivity contribution in [2.45, 2.75) is 44.6 Å². The zero-order valence-electron chi connectivity index (χ0n) is 15.6. The summed E-state index contributed by atoms with van der Waals surface area (Å²) in [5, 5.41) is 14.3. The maximum atomic E-state index is 9.96. The van der Waals surface area contributed by atoms with Crippen LogP contribution in [0.4, 0.5) is 0 Å². The summed E-state index contributed by atoms with van der Waals surface area (Å²) >= 11 is 0. The Kier molecular flexibility index (Phi) is 4.98. The number of aliphatic hydroxyl groups is 1. The smallest absolute Gasteiger partial charge is 0.123 e. The second kappa shape index (κ2) is 7.39. The molecule has 2 aromatic rings. The highest BCUT2D eigenvalue weighted by molar-refractivity contribution is 5.37. The van der Waals surface area contributed by atoms with Gasteiger partial charge in [0.25, 0.3) is 0 Å². The van der Waals surface area contributed by atoms with E-state index in [2.05, 4.69) is 40.0 Å². The number of piperazine rings is 1. The molecule has 3 heterocycles. The highest BCUT2D eigenvalue weighted by Crippen LogP contribution is 2.27. The number of aliphatic hydroxyl groups excluding tert-OH is 1. The SMILES string of the molecule is COc1ccc(CN2C[C@H]3C[C@@H](O)CN3C[C@@H]2C)cc1Cn1cccn1. The summed E-state index contributed by atoms with van der Waals surface area (Å²) in [7, 11) is 1.72. The Morgan fingerprint density at radius 1 is 1.23 bits per heavy atom. The van der Waals surface area contributed by atoms with Gasteiger partial charge in [-0.1, -0.05) is 6.07 Å². The molecule has 1 N–H and O–H groups in total. The molecule has 1 aromatic carbocycles. The molecule has 26 heavy (non-hydrogen) atoms. The maximum absolute atomic E-state index is 9.96. The van der Waals surface area contributed by atoms with Crippen LogP contribution in [0.25, 0.3) is 0 Å². The number of hydrogen-bond acceptors (Lipinski definition) is 5. The van der Waals surface area contributed by atoms with E-state index >= 15 is 0 Å². The predicted octanol–water partition coefficient (Wildman–Crippen LogP) is 1.58. The highest BCUT2D eigenvalue weighted by Gasteiger charge is 2.37. The van der Waals surface area contributed by atoms with Gasteiger partial charge in [-0.25, -0.2) is 0 Å². The predicted molar refractivity (Wildman–Crippen MR) is 100 cm³/mol. The molecule has 140 valence electrons. The summed E-state index contributed by atoms with van der Waals surface area (Å²) in [6, 6.07) is 9.38. The first kappa shape index (κ1) is 17.5. The van der Waals surface area contributed by atoms with Gasteiger partial charge in [0.2, 0.25) is 0 Å². The van der Waals surface area contributed by atoms with E-state index in [1.807, 2.05) is 16.9 Å². The van der Waals surface area contributed by atoms with E-state index in [0.717, 1.165) is 43.9 Å². The van der Waals surface area contributed by atoms with Crippen molar-refractivity contribution in [3.8, 4) is 5.75 Å². The molecule has 0 amide bonds. The number of aromatic nitrogens is 2. The molecular weight excluding hydrogens is 328 g/mol. The van der Waals surface area contributed by atoms with Gasteiger partial charge < -0.3 is 9.84 Å². The number of fused-ring (bicyclic) bond motifs is 1. The lowest BCUT2D eigenvalue weighted by Gasteiger charge is -2.42. The summed E-state index contributed by atoms with van der Waals surface area (Å²) in [6.45, 7) is 6.82. The summed E-state index contributed by atoms with van der Waals surface area (Å²) in [5.41, 5.74) is 2.45. The van der Waals surface area contributed by atoms with Crippen LogP contribution in [0.3, 0.4) is 0 Å². The average Bonchev–Trinajstić information content (AvgIpc) is 3.24. The molecule has 0 bridgehead atoms. The molecule has 2 saturated heterocycles. The standard InChI is InChI=1S/C20H28N4O2/c1-15-10-23-14-19(25)9-18(23)13-22(15)11-16-4-5-20(26-2)17(8-16)12-24-7-3-6-21-24/h3-8,15,18-19,25H,9-14H2,1-2H3/t15-,18+,19+/m0/s1. The minimum Gasteiger partial charge on any atom is -0.496 e. The third-order valence-electron chi connectivity index (χ3n) is 5.70. The Morgan fingerprint density at radius 3 is 2.88 bits per heavy atom. The zero-order chi connectivity index (χ0) is 18.1. The molecule has 0 saturated carbocycles. The normalized spacial score (nSPS) is 26.8. The molecule has 1 aromatic heterocycles. The van der Waals surface area contributed by atoms with Crippen molar-refractivity contribution in [2.24, 2.45) is 0 Å². The molecule has 0 radical (unpaired) electrons. The monoisotopic (exact) mass is 356 g/mol. The van der Waals surface area contributed by atoms with E-state index in [9.17, 15) is 5.11 Å². The Balaban J connectivity index is 1.49. The first-order valence-corrected chi connectivity index (χ1v) is 9.41. The van der Waals surface area contributed by atoms with E-state index in [0.29, 0.717) is 18.6 Å². The minimum atomic E-state index is -0.159. The van der Waals surface area contributed by atoms with Gasteiger partial charge in [0.1, 0.15) is 5.75 Å². The molecule has 2 aliphatic rings. The van der Waals surface area contributed by atoms with Crippen molar-refractivity contribution in [2.75, 3.05) is 26.7 Å². The number of rotatable bonds is 5. The third kappa shape index (κ3) is 3.63. The van der Waals surface area contributed by atoms with Crippen molar-refractivity contribution in [1.82, 2.24) is 19.6 Å². The van der Waals surface area contributed by atoms with Crippen LogP contribution in [-0.4, -0.2) is 69.6 Å². The molecule has 0 unspecified atom stereocenters. The van der Waals surface area contributed by atoms with Crippen molar-refractivity contribution in [3.63, 3.8) is 0 Å². The van der Waals surface area contributed by atoms with Crippen LogP contribution in [0, 0.1) is 0 Å². The fourth-order valence-corrected chi connectivity index (χ4v) is 4.35. The number of methoxy groups -OCH3 is 1. The second-order valence-corrected chi connectivity index (χ2v) is 7.63. The van der Waals surface area contributed by atoms with Crippen molar-refractivity contribution >= 4 is 0 Å². The van der Waals surface area contributed by atoms with Crippen LogP contribution in [0.5, 0.6) is 5.75 Å². The fourth-order valence-electron chi connectivity index (χ4n) is 4.35. The van der Waals surface area contributed by atoms with E-state index in [-0.39, 0.29) is 6.10 Å². The van der Waals surface area contributed by atoms with E-state index in [4.69, 9.17) is 4.74 Å². The lowest BCUT2D eigenvalue weighted by atomic mass is 10.0. The van der Waals surface area contributed by atoms with Gasteiger partial charge in [0.05, 0.1) is 19.8 Å². The molecule has 6 heteroatoms. The summed E-state index contributed by atoms with van der Waals surface area (Å²) in [6.07, 6.45) is 4.51.